The van der Waals surface area contributed by atoms with E-state index in [1.807, 2.05) is 27.7 Å². The van der Waals surface area contributed by atoms with Crippen LogP contribution in [0.2, 0.25) is 0 Å². The molecule has 0 fully saturated rings. The number of carbonyl (C=O) groups is 4. The molecule has 0 bridgehead atoms. The summed E-state index contributed by atoms with van der Waals surface area (Å²) in [6.45, 7) is 7.73. The Morgan fingerprint density at radius 2 is 1.29 bits per heavy atom. The summed E-state index contributed by atoms with van der Waals surface area (Å²) in [6.07, 6.45) is 1.32. The van der Waals surface area contributed by atoms with E-state index in [1.165, 1.54) is 0 Å². The predicted octanol–water partition coefficient (Wildman–Crippen LogP) is 3.52. The van der Waals surface area contributed by atoms with Crippen LogP contribution in [0.5, 0.6) is 11.5 Å². The van der Waals surface area contributed by atoms with Crippen molar-refractivity contribution < 1.29 is 54.0 Å². The van der Waals surface area contributed by atoms with Gasteiger partial charge in [-0.1, -0.05) is 44.0 Å². The first-order valence-electron chi connectivity index (χ1n) is 16.0. The van der Waals surface area contributed by atoms with Gasteiger partial charge in [-0.25, -0.2) is 9.78 Å². The monoisotopic (exact) mass is 675 g/mol. The Hall–Kier alpha value is -4.24. The molecule has 0 aliphatic carbocycles. The summed E-state index contributed by atoms with van der Waals surface area (Å²) in [5, 5.41) is 34.8. The third-order valence-corrected chi connectivity index (χ3v) is 6.90. The van der Waals surface area contributed by atoms with Crippen molar-refractivity contribution in [1.29, 1.82) is 0 Å². The van der Waals surface area contributed by atoms with Crippen LogP contribution in [0.25, 0.3) is 0 Å². The fraction of sp³-hybridized carbons (Fsp3) is 0.529. The Labute approximate surface area is 281 Å². The molecule has 6 N–H and O–H groups in total. The zero-order chi connectivity index (χ0) is 35.5. The number of benzene rings is 2. The van der Waals surface area contributed by atoms with E-state index in [4.69, 9.17) is 25.1 Å². The molecule has 0 radical (unpaired) electrons. The lowest BCUT2D eigenvalue weighted by Crippen LogP contribution is -2.55. The van der Waals surface area contributed by atoms with Crippen molar-refractivity contribution >= 4 is 23.7 Å². The molecule has 266 valence electrons. The quantitative estimate of drug-likeness (QED) is 0.0606. The van der Waals surface area contributed by atoms with Crippen LogP contribution in [0.1, 0.15) is 70.9 Å². The highest BCUT2D eigenvalue weighted by Crippen LogP contribution is 2.20. The van der Waals surface area contributed by atoms with Gasteiger partial charge >= 0.3 is 5.97 Å². The molecule has 0 spiro atoms. The van der Waals surface area contributed by atoms with E-state index < -0.39 is 53.9 Å². The lowest BCUT2D eigenvalue weighted by molar-refractivity contribution is -0.286. The molecule has 2 unspecified atom stereocenters. The predicted molar refractivity (Wildman–Crippen MR) is 176 cm³/mol. The molecule has 14 nitrogen and oxygen atoms in total. The van der Waals surface area contributed by atoms with Crippen LogP contribution in [0.4, 0.5) is 0 Å². The van der Waals surface area contributed by atoms with Gasteiger partial charge in [-0.3, -0.25) is 29.7 Å². The van der Waals surface area contributed by atoms with Crippen molar-refractivity contribution in [3.8, 4) is 11.5 Å². The van der Waals surface area contributed by atoms with E-state index in [0.29, 0.717) is 29.2 Å². The summed E-state index contributed by atoms with van der Waals surface area (Å²) < 4.78 is 11.5. The molecule has 2 atom stereocenters. The smallest absolute Gasteiger partial charge is 0.303 e. The van der Waals surface area contributed by atoms with Crippen molar-refractivity contribution in [2.45, 2.75) is 96.4 Å². The second-order valence-electron chi connectivity index (χ2n) is 12.3. The Kier molecular flexibility index (Phi) is 17.4. The molecule has 0 aliphatic heterocycles. The molecule has 0 aromatic heterocycles. The van der Waals surface area contributed by atoms with Crippen LogP contribution >= 0.6 is 0 Å². The second kappa shape index (κ2) is 20.9. The Balaban J connectivity index is 2.27. The van der Waals surface area contributed by atoms with Gasteiger partial charge < -0.3 is 30.5 Å². The van der Waals surface area contributed by atoms with Crippen LogP contribution in [0, 0.1) is 0 Å². The SMILES string of the molecule is CCCCCNC(=O)C(Cc1ccc(OC(COO)COO)cc1)NC(=O)C(Cc1ccc(OC(C)(C)C)cc1)NC(=O)CCC(=O)O. The number of nitrogens with one attached hydrogen (secondary N) is 3. The van der Waals surface area contributed by atoms with Gasteiger partial charge in [0.2, 0.25) is 17.7 Å². The van der Waals surface area contributed by atoms with Crippen LogP contribution in [0.15, 0.2) is 48.5 Å². The minimum atomic E-state index is -1.14. The van der Waals surface area contributed by atoms with Crippen molar-refractivity contribution in [1.82, 2.24) is 16.0 Å². The van der Waals surface area contributed by atoms with E-state index in [-0.39, 0.29) is 32.5 Å². The number of carboxylic acid groups (broad SMARTS) is 1. The van der Waals surface area contributed by atoms with Crippen molar-refractivity contribution in [3.05, 3.63) is 59.7 Å². The lowest BCUT2D eigenvalue weighted by atomic mass is 10.0. The van der Waals surface area contributed by atoms with Gasteiger partial charge in [-0.15, -0.1) is 0 Å². The highest BCUT2D eigenvalue weighted by Gasteiger charge is 2.28. The number of hydrogen-bond acceptors (Lipinski definition) is 10. The molecule has 0 aliphatic rings. The number of rotatable bonds is 22. The highest BCUT2D eigenvalue weighted by molar-refractivity contribution is 5.92. The molecule has 2 rings (SSSR count). The lowest BCUT2D eigenvalue weighted by Gasteiger charge is -2.24. The Morgan fingerprint density at radius 1 is 0.750 bits per heavy atom. The summed E-state index contributed by atoms with van der Waals surface area (Å²) in [5.41, 5.74) is 0.983. The van der Waals surface area contributed by atoms with Crippen LogP contribution in [0.3, 0.4) is 0 Å². The second-order valence-corrected chi connectivity index (χ2v) is 12.3. The van der Waals surface area contributed by atoms with Crippen LogP contribution in [-0.2, 0) is 41.8 Å². The van der Waals surface area contributed by atoms with Gasteiger partial charge in [0.15, 0.2) is 6.10 Å². The van der Waals surface area contributed by atoms with Gasteiger partial charge in [-0.2, -0.15) is 0 Å². The van der Waals surface area contributed by atoms with Gasteiger partial charge in [0.25, 0.3) is 0 Å². The molecular weight excluding hydrogens is 626 g/mol. The number of ether oxygens (including phenoxy) is 2. The molecule has 0 saturated heterocycles. The van der Waals surface area contributed by atoms with Crippen LogP contribution < -0.4 is 25.4 Å². The van der Waals surface area contributed by atoms with E-state index in [0.717, 1.165) is 19.3 Å². The minimum absolute atomic E-state index is 0.0770. The summed E-state index contributed by atoms with van der Waals surface area (Å²) in [4.78, 5) is 58.9. The molecule has 14 heteroatoms. The molecule has 0 heterocycles. The van der Waals surface area contributed by atoms with Gasteiger partial charge in [-0.05, 0) is 62.6 Å². The highest BCUT2D eigenvalue weighted by atomic mass is 17.1. The Bertz CT molecular complexity index is 1270. The summed E-state index contributed by atoms with van der Waals surface area (Å²) in [5.74, 6) is -1.76. The number of hydrogen-bond donors (Lipinski definition) is 6. The maximum atomic E-state index is 13.7. The zero-order valence-corrected chi connectivity index (χ0v) is 28.0. The fourth-order valence-corrected chi connectivity index (χ4v) is 4.59. The first-order chi connectivity index (χ1) is 22.8. The molecular formula is C34H49N3O11. The number of aliphatic carboxylic acids is 1. The number of amides is 3. The first kappa shape index (κ1) is 39.9. The van der Waals surface area contributed by atoms with Crippen molar-refractivity contribution in [2.75, 3.05) is 19.8 Å². The maximum Gasteiger partial charge on any atom is 0.303 e. The molecule has 3 amide bonds. The summed E-state index contributed by atoms with van der Waals surface area (Å²) in [7, 11) is 0. The first-order valence-corrected chi connectivity index (χ1v) is 16.0. The average molecular weight is 676 g/mol. The van der Waals surface area contributed by atoms with E-state index in [2.05, 4.69) is 25.7 Å². The van der Waals surface area contributed by atoms with Gasteiger partial charge in [0, 0.05) is 25.8 Å². The zero-order valence-electron chi connectivity index (χ0n) is 28.0. The van der Waals surface area contributed by atoms with E-state index in [1.54, 1.807) is 48.5 Å². The number of carboxylic acids is 1. The van der Waals surface area contributed by atoms with E-state index in [9.17, 15) is 19.2 Å². The minimum Gasteiger partial charge on any atom is -0.488 e. The fourth-order valence-electron chi connectivity index (χ4n) is 4.59. The standard InChI is InChI=1S/C34H49N3O11/c1-5-6-7-18-35-32(41)28(19-23-8-12-25(13-9-23)47-27(21-45-43)22-46-44)37-33(42)29(36-30(38)16-17-31(39)40)20-24-10-14-26(15-11-24)48-34(2,3)4/h8-15,27-29,43-44H,5-7,16-22H2,1-4H3,(H,35,41)(H,36,38)(H,37,42)(H,39,40). The van der Waals surface area contributed by atoms with Gasteiger partial charge in [0.05, 0.1) is 6.42 Å². The summed E-state index contributed by atoms with van der Waals surface area (Å²) >= 11 is 0. The topological polar surface area (TPSA) is 202 Å². The summed E-state index contributed by atoms with van der Waals surface area (Å²) in [6, 6.07) is 11.6. The number of carbonyl (C=O) groups excluding carboxylic acids is 3. The Morgan fingerprint density at radius 3 is 1.79 bits per heavy atom. The maximum absolute atomic E-state index is 13.7. The molecule has 2 aromatic rings. The molecule has 2 aromatic carbocycles. The third kappa shape index (κ3) is 16.0. The van der Waals surface area contributed by atoms with E-state index >= 15 is 0 Å². The van der Waals surface area contributed by atoms with Crippen molar-refractivity contribution in [3.63, 3.8) is 0 Å². The largest absolute Gasteiger partial charge is 0.488 e. The molecule has 0 saturated carbocycles. The van der Waals surface area contributed by atoms with Crippen molar-refractivity contribution in [2.24, 2.45) is 0 Å². The molecule has 48 heavy (non-hydrogen) atoms. The van der Waals surface area contributed by atoms with Gasteiger partial charge in [0.1, 0.15) is 42.4 Å². The number of unbranched alkanes of at least 4 members (excludes halogenated alkanes) is 2. The third-order valence-electron chi connectivity index (χ3n) is 6.90. The van der Waals surface area contributed by atoms with Crippen LogP contribution in [-0.4, -0.2) is 82.9 Å². The average Bonchev–Trinajstić information content (AvgIpc) is 3.02. The normalized spacial score (nSPS) is 12.6.